The average molecular weight is 184 g/mol. The van der Waals surface area contributed by atoms with E-state index in [1.165, 1.54) is 25.7 Å². The quantitative estimate of drug-likeness (QED) is 0.571. The smallest absolute Gasteiger partial charge is 0.0380 e. The molecule has 0 saturated heterocycles. The van der Waals surface area contributed by atoms with Gasteiger partial charge in [-0.1, -0.05) is 60.8 Å². The highest BCUT2D eigenvalue weighted by molar-refractivity contribution is 4.66. The van der Waals surface area contributed by atoms with Gasteiger partial charge in [-0.2, -0.15) is 0 Å². The van der Waals surface area contributed by atoms with E-state index in [-0.39, 0.29) is 0 Å². The molecule has 0 rings (SSSR count). The summed E-state index contributed by atoms with van der Waals surface area (Å²) in [6, 6.07) is 0. The molecule has 0 nitrogen and oxygen atoms in total. The van der Waals surface area contributed by atoms with Gasteiger partial charge < -0.3 is 0 Å². The van der Waals surface area contributed by atoms with E-state index in [0.29, 0.717) is 5.41 Å². The second-order valence-corrected chi connectivity index (χ2v) is 6.19. The van der Waals surface area contributed by atoms with E-state index in [9.17, 15) is 0 Å². The van der Waals surface area contributed by atoms with Crippen LogP contribution in [0.4, 0.5) is 0 Å². The van der Waals surface area contributed by atoms with Crippen molar-refractivity contribution >= 4 is 0 Å². The molecule has 0 fully saturated rings. The minimum absolute atomic E-state index is 0.511. The summed E-state index contributed by atoms with van der Waals surface area (Å²) in [5, 5.41) is 0. The van der Waals surface area contributed by atoms with Gasteiger partial charge in [-0.3, -0.25) is 0 Å². The van der Waals surface area contributed by atoms with Crippen molar-refractivity contribution in [3.8, 4) is 0 Å². The highest BCUT2D eigenvalue weighted by atomic mass is 14.2. The number of rotatable bonds is 5. The van der Waals surface area contributed by atoms with Gasteiger partial charge in [0.15, 0.2) is 0 Å². The van der Waals surface area contributed by atoms with Crippen LogP contribution in [0.2, 0.25) is 0 Å². The largest absolute Gasteiger partial charge is 0.0628 e. The molecule has 0 unspecified atom stereocenters. The molecule has 0 saturated carbocycles. The zero-order valence-corrected chi connectivity index (χ0v) is 10.5. The van der Waals surface area contributed by atoms with E-state index in [4.69, 9.17) is 0 Å². The van der Waals surface area contributed by atoms with Gasteiger partial charge in [0, 0.05) is 0 Å². The Bertz CT molecular complexity index is 116. The van der Waals surface area contributed by atoms with Crippen LogP contribution in [0, 0.1) is 17.3 Å². The van der Waals surface area contributed by atoms with E-state index in [0.717, 1.165) is 11.8 Å². The molecule has 0 amide bonds. The highest BCUT2D eigenvalue weighted by Gasteiger charge is 2.14. The Morgan fingerprint density at radius 2 is 1.46 bits per heavy atom. The van der Waals surface area contributed by atoms with Crippen LogP contribution in [0.15, 0.2) is 0 Å². The second-order valence-electron chi connectivity index (χ2n) is 6.19. The summed E-state index contributed by atoms with van der Waals surface area (Å²) in [5.74, 6) is 1.78. The van der Waals surface area contributed by atoms with Crippen molar-refractivity contribution in [1.29, 1.82) is 0 Å². The lowest BCUT2D eigenvalue weighted by atomic mass is 9.83. The highest BCUT2D eigenvalue weighted by Crippen LogP contribution is 2.27. The normalized spacial score (nSPS) is 15.0. The standard InChI is InChI=1S/C13H28/c1-11(2)8-7-9-12(3)10-13(4,5)6/h11-12H,7-10H2,1-6H3/t12-/m1/s1. The molecule has 80 valence electrons. The molecule has 0 aliphatic heterocycles. The zero-order chi connectivity index (χ0) is 10.5. The lowest BCUT2D eigenvalue weighted by Crippen LogP contribution is -2.11. The van der Waals surface area contributed by atoms with E-state index in [1.807, 2.05) is 0 Å². The molecular formula is C13H28. The molecule has 0 bridgehead atoms. The lowest BCUT2D eigenvalue weighted by Gasteiger charge is -2.23. The van der Waals surface area contributed by atoms with Crippen LogP contribution in [0.3, 0.4) is 0 Å². The first-order chi connectivity index (χ1) is 5.81. The Kier molecular flexibility index (Phi) is 5.67. The molecule has 0 heteroatoms. The molecule has 0 aromatic heterocycles. The summed E-state index contributed by atoms with van der Waals surface area (Å²) in [6.07, 6.45) is 5.59. The van der Waals surface area contributed by atoms with Gasteiger partial charge in [0.2, 0.25) is 0 Å². The van der Waals surface area contributed by atoms with E-state index >= 15 is 0 Å². The third-order valence-corrected chi connectivity index (χ3v) is 2.44. The summed E-state index contributed by atoms with van der Waals surface area (Å²) in [5.41, 5.74) is 0.511. The van der Waals surface area contributed by atoms with Gasteiger partial charge in [0.05, 0.1) is 0 Å². The van der Waals surface area contributed by atoms with Gasteiger partial charge in [0.25, 0.3) is 0 Å². The fraction of sp³-hybridized carbons (Fsp3) is 1.00. The van der Waals surface area contributed by atoms with Gasteiger partial charge >= 0.3 is 0 Å². The average Bonchev–Trinajstić information content (AvgIpc) is 1.81. The van der Waals surface area contributed by atoms with Crippen molar-refractivity contribution in [1.82, 2.24) is 0 Å². The van der Waals surface area contributed by atoms with E-state index in [2.05, 4.69) is 41.5 Å². The third-order valence-electron chi connectivity index (χ3n) is 2.44. The maximum Gasteiger partial charge on any atom is -0.0380 e. The van der Waals surface area contributed by atoms with E-state index < -0.39 is 0 Å². The van der Waals surface area contributed by atoms with Crippen molar-refractivity contribution in [2.75, 3.05) is 0 Å². The number of hydrogen-bond donors (Lipinski definition) is 0. The van der Waals surface area contributed by atoms with Crippen molar-refractivity contribution < 1.29 is 0 Å². The van der Waals surface area contributed by atoms with Gasteiger partial charge in [-0.05, 0) is 23.7 Å². The maximum atomic E-state index is 2.39. The first-order valence-electron chi connectivity index (χ1n) is 5.81. The molecule has 0 aromatic rings. The Labute approximate surface area is 85.1 Å². The van der Waals surface area contributed by atoms with Crippen molar-refractivity contribution in [2.24, 2.45) is 17.3 Å². The van der Waals surface area contributed by atoms with Gasteiger partial charge in [-0.25, -0.2) is 0 Å². The van der Waals surface area contributed by atoms with Gasteiger partial charge in [0.1, 0.15) is 0 Å². The molecule has 0 heterocycles. The predicted octanol–water partition coefficient (Wildman–Crippen LogP) is 4.89. The monoisotopic (exact) mass is 184 g/mol. The summed E-state index contributed by atoms with van der Waals surface area (Å²) in [4.78, 5) is 0. The summed E-state index contributed by atoms with van der Waals surface area (Å²) in [7, 11) is 0. The SMILES string of the molecule is CC(C)CCC[C@@H](C)CC(C)(C)C. The van der Waals surface area contributed by atoms with Crippen LogP contribution in [0.5, 0.6) is 0 Å². The van der Waals surface area contributed by atoms with Crippen LogP contribution >= 0.6 is 0 Å². The molecule has 0 radical (unpaired) electrons. The molecule has 0 aromatic carbocycles. The fourth-order valence-electron chi connectivity index (χ4n) is 2.02. The Morgan fingerprint density at radius 1 is 0.923 bits per heavy atom. The molecular weight excluding hydrogens is 156 g/mol. The first kappa shape index (κ1) is 13.0. The van der Waals surface area contributed by atoms with Crippen LogP contribution in [-0.2, 0) is 0 Å². The third kappa shape index (κ3) is 9.92. The first-order valence-corrected chi connectivity index (χ1v) is 5.81. The van der Waals surface area contributed by atoms with Crippen molar-refractivity contribution in [3.05, 3.63) is 0 Å². The molecule has 0 N–H and O–H groups in total. The topological polar surface area (TPSA) is 0 Å². The van der Waals surface area contributed by atoms with Crippen LogP contribution < -0.4 is 0 Å². The van der Waals surface area contributed by atoms with E-state index in [1.54, 1.807) is 0 Å². The maximum absolute atomic E-state index is 2.39. The molecule has 0 aliphatic carbocycles. The molecule has 13 heavy (non-hydrogen) atoms. The zero-order valence-electron chi connectivity index (χ0n) is 10.5. The van der Waals surface area contributed by atoms with Crippen LogP contribution in [-0.4, -0.2) is 0 Å². The van der Waals surface area contributed by atoms with Crippen LogP contribution in [0.25, 0.3) is 0 Å². The molecule has 1 atom stereocenters. The lowest BCUT2D eigenvalue weighted by molar-refractivity contribution is 0.289. The van der Waals surface area contributed by atoms with Gasteiger partial charge in [-0.15, -0.1) is 0 Å². The Balaban J connectivity index is 3.46. The van der Waals surface area contributed by atoms with Crippen LogP contribution in [0.1, 0.15) is 67.2 Å². The van der Waals surface area contributed by atoms with Crippen molar-refractivity contribution in [3.63, 3.8) is 0 Å². The molecule has 0 spiro atoms. The molecule has 0 aliphatic rings. The van der Waals surface area contributed by atoms with Crippen molar-refractivity contribution in [2.45, 2.75) is 67.2 Å². The summed E-state index contributed by atoms with van der Waals surface area (Å²) >= 11 is 0. The minimum Gasteiger partial charge on any atom is -0.0628 e. The summed E-state index contributed by atoms with van der Waals surface area (Å²) < 4.78 is 0. The minimum atomic E-state index is 0.511. The fourth-order valence-corrected chi connectivity index (χ4v) is 2.02. The number of hydrogen-bond acceptors (Lipinski definition) is 0. The predicted molar refractivity (Wildman–Crippen MR) is 61.9 cm³/mol. The Morgan fingerprint density at radius 3 is 1.85 bits per heavy atom. The summed E-state index contributed by atoms with van der Waals surface area (Å²) in [6.45, 7) is 14.0. The second kappa shape index (κ2) is 5.67. The Hall–Kier alpha value is 0.